The van der Waals surface area contributed by atoms with Crippen LogP contribution in [0.5, 0.6) is 0 Å². The molecule has 0 atom stereocenters. The predicted molar refractivity (Wildman–Crippen MR) is 41.2 cm³/mol. The molecule has 1 saturated carbocycles. The first-order chi connectivity index (χ1) is 5.25. The van der Waals surface area contributed by atoms with E-state index in [-0.39, 0.29) is 6.10 Å². The second-order valence-electron chi connectivity index (χ2n) is 3.24. The number of hydrogen-bond donors (Lipinski definition) is 1. The summed E-state index contributed by atoms with van der Waals surface area (Å²) in [5.41, 5.74) is 1.05. The number of hydrogen-bond acceptors (Lipinski definition) is 2. The van der Waals surface area contributed by atoms with Crippen LogP contribution in [-0.4, -0.2) is 20.8 Å². The Morgan fingerprint density at radius 2 is 2.36 bits per heavy atom. The Kier molecular flexibility index (Phi) is 1.46. The van der Waals surface area contributed by atoms with Crippen molar-refractivity contribution >= 4 is 0 Å². The van der Waals surface area contributed by atoms with Crippen LogP contribution in [0, 0.1) is 6.92 Å². The number of rotatable bonds is 1. The molecule has 0 spiro atoms. The van der Waals surface area contributed by atoms with E-state index in [4.69, 9.17) is 5.11 Å². The van der Waals surface area contributed by atoms with Crippen molar-refractivity contribution in [3.8, 4) is 0 Å². The zero-order valence-corrected chi connectivity index (χ0v) is 6.57. The van der Waals surface area contributed by atoms with Gasteiger partial charge in [0.05, 0.1) is 18.1 Å². The minimum Gasteiger partial charge on any atom is -0.393 e. The highest BCUT2D eigenvalue weighted by atomic mass is 16.3. The maximum atomic E-state index is 9.05. The fourth-order valence-corrected chi connectivity index (χ4v) is 1.44. The van der Waals surface area contributed by atoms with Gasteiger partial charge in [-0.3, -0.25) is 0 Å². The Morgan fingerprint density at radius 3 is 2.82 bits per heavy atom. The minimum absolute atomic E-state index is 0.0808. The van der Waals surface area contributed by atoms with Gasteiger partial charge in [0.15, 0.2) is 0 Å². The Bertz CT molecular complexity index is 250. The van der Waals surface area contributed by atoms with E-state index >= 15 is 0 Å². The van der Waals surface area contributed by atoms with Crippen LogP contribution in [0.15, 0.2) is 12.5 Å². The van der Waals surface area contributed by atoms with Gasteiger partial charge >= 0.3 is 0 Å². The first-order valence-electron chi connectivity index (χ1n) is 3.94. The highest BCUT2D eigenvalue weighted by Crippen LogP contribution is 2.31. The topological polar surface area (TPSA) is 38.0 Å². The smallest absolute Gasteiger partial charge is 0.0951 e. The molecule has 2 rings (SSSR count). The average Bonchev–Trinajstić information content (AvgIpc) is 2.29. The van der Waals surface area contributed by atoms with E-state index in [9.17, 15) is 0 Å². The molecule has 1 aliphatic rings. The predicted octanol–water partition coefficient (Wildman–Crippen LogP) is 0.887. The van der Waals surface area contributed by atoms with Gasteiger partial charge < -0.3 is 9.67 Å². The number of imidazole rings is 1. The van der Waals surface area contributed by atoms with E-state index in [1.54, 1.807) is 0 Å². The van der Waals surface area contributed by atoms with Crippen LogP contribution in [-0.2, 0) is 0 Å². The van der Waals surface area contributed by atoms with Crippen molar-refractivity contribution < 1.29 is 5.11 Å². The molecule has 1 aromatic heterocycles. The largest absolute Gasteiger partial charge is 0.393 e. The quantitative estimate of drug-likeness (QED) is 0.649. The summed E-state index contributed by atoms with van der Waals surface area (Å²) in [5, 5.41) is 9.05. The van der Waals surface area contributed by atoms with Gasteiger partial charge in [0.25, 0.3) is 0 Å². The Morgan fingerprint density at radius 1 is 1.64 bits per heavy atom. The van der Waals surface area contributed by atoms with Crippen molar-refractivity contribution in [2.24, 2.45) is 0 Å². The fourth-order valence-electron chi connectivity index (χ4n) is 1.44. The standard InChI is InChI=1S/C8H12N2O/c1-6-4-10(5-9-6)7-2-8(11)3-7/h4-5,7-8,11H,2-3H2,1H3. The van der Waals surface area contributed by atoms with Crippen molar-refractivity contribution in [2.75, 3.05) is 0 Å². The van der Waals surface area contributed by atoms with E-state index in [0.717, 1.165) is 18.5 Å². The third kappa shape index (κ3) is 1.16. The van der Waals surface area contributed by atoms with Crippen LogP contribution in [0.25, 0.3) is 0 Å². The zero-order valence-electron chi connectivity index (χ0n) is 6.57. The zero-order chi connectivity index (χ0) is 7.84. The maximum absolute atomic E-state index is 9.05. The maximum Gasteiger partial charge on any atom is 0.0951 e. The summed E-state index contributed by atoms with van der Waals surface area (Å²) in [6, 6.07) is 0.492. The normalized spacial score (nSPS) is 30.0. The van der Waals surface area contributed by atoms with Gasteiger partial charge in [0.2, 0.25) is 0 Å². The second kappa shape index (κ2) is 2.34. The van der Waals surface area contributed by atoms with E-state index < -0.39 is 0 Å². The number of aliphatic hydroxyl groups excluding tert-OH is 1. The van der Waals surface area contributed by atoms with Crippen molar-refractivity contribution in [1.29, 1.82) is 0 Å². The molecule has 0 radical (unpaired) electrons. The van der Waals surface area contributed by atoms with Crippen LogP contribution < -0.4 is 0 Å². The van der Waals surface area contributed by atoms with Crippen LogP contribution in [0.3, 0.4) is 0 Å². The van der Waals surface area contributed by atoms with Crippen molar-refractivity contribution in [3.05, 3.63) is 18.2 Å². The van der Waals surface area contributed by atoms with E-state index in [2.05, 4.69) is 9.55 Å². The lowest BCUT2D eigenvalue weighted by molar-refractivity contribution is 0.0485. The van der Waals surface area contributed by atoms with Crippen LogP contribution >= 0.6 is 0 Å². The number of aromatic nitrogens is 2. The molecule has 0 amide bonds. The highest BCUT2D eigenvalue weighted by Gasteiger charge is 2.28. The molecule has 1 aliphatic carbocycles. The molecule has 0 unspecified atom stereocenters. The third-order valence-corrected chi connectivity index (χ3v) is 2.24. The molecule has 0 bridgehead atoms. The molecule has 1 fully saturated rings. The monoisotopic (exact) mass is 152 g/mol. The van der Waals surface area contributed by atoms with Crippen LogP contribution in [0.2, 0.25) is 0 Å². The van der Waals surface area contributed by atoms with Crippen LogP contribution in [0.1, 0.15) is 24.6 Å². The lowest BCUT2D eigenvalue weighted by Gasteiger charge is -2.32. The average molecular weight is 152 g/mol. The van der Waals surface area contributed by atoms with Gasteiger partial charge in [0.1, 0.15) is 0 Å². The summed E-state index contributed by atoms with van der Waals surface area (Å²) in [6.45, 7) is 1.98. The number of aryl methyl sites for hydroxylation is 1. The first-order valence-corrected chi connectivity index (χ1v) is 3.94. The first kappa shape index (κ1) is 6.85. The molecule has 0 saturated heterocycles. The molecule has 60 valence electrons. The van der Waals surface area contributed by atoms with Crippen LogP contribution in [0.4, 0.5) is 0 Å². The molecule has 1 aromatic rings. The SMILES string of the molecule is Cc1cn(C2CC(O)C2)cn1. The highest BCUT2D eigenvalue weighted by molar-refractivity contribution is 4.97. The molecular weight excluding hydrogens is 140 g/mol. The van der Waals surface area contributed by atoms with Gasteiger partial charge in [0, 0.05) is 12.2 Å². The minimum atomic E-state index is -0.0808. The summed E-state index contributed by atoms with van der Waals surface area (Å²) in [7, 11) is 0. The molecule has 1 N–H and O–H groups in total. The molecule has 11 heavy (non-hydrogen) atoms. The van der Waals surface area contributed by atoms with Crippen molar-refractivity contribution in [3.63, 3.8) is 0 Å². The van der Waals surface area contributed by atoms with E-state index in [1.807, 2.05) is 19.4 Å². The number of nitrogens with zero attached hydrogens (tertiary/aromatic N) is 2. The number of aliphatic hydroxyl groups is 1. The van der Waals surface area contributed by atoms with Gasteiger partial charge in [-0.25, -0.2) is 4.98 Å². The Labute approximate surface area is 65.7 Å². The lowest BCUT2D eigenvalue weighted by Crippen LogP contribution is -2.30. The fraction of sp³-hybridized carbons (Fsp3) is 0.625. The van der Waals surface area contributed by atoms with Gasteiger partial charge in [-0.15, -0.1) is 0 Å². The lowest BCUT2D eigenvalue weighted by atomic mass is 9.89. The van der Waals surface area contributed by atoms with Gasteiger partial charge in [-0.1, -0.05) is 0 Å². The van der Waals surface area contributed by atoms with Crippen molar-refractivity contribution in [2.45, 2.75) is 31.9 Å². The third-order valence-electron chi connectivity index (χ3n) is 2.24. The van der Waals surface area contributed by atoms with Crippen molar-refractivity contribution in [1.82, 2.24) is 9.55 Å². The molecule has 3 heteroatoms. The Balaban J connectivity index is 2.07. The van der Waals surface area contributed by atoms with Gasteiger partial charge in [-0.05, 0) is 19.8 Å². The molecule has 1 heterocycles. The van der Waals surface area contributed by atoms with E-state index in [0.29, 0.717) is 6.04 Å². The van der Waals surface area contributed by atoms with E-state index in [1.165, 1.54) is 0 Å². The molecule has 0 aliphatic heterocycles. The molecule has 3 nitrogen and oxygen atoms in total. The molecule has 0 aromatic carbocycles. The summed E-state index contributed by atoms with van der Waals surface area (Å²) in [4.78, 5) is 4.13. The summed E-state index contributed by atoms with van der Waals surface area (Å²) in [6.07, 6.45) is 5.55. The van der Waals surface area contributed by atoms with Gasteiger partial charge in [-0.2, -0.15) is 0 Å². The second-order valence-corrected chi connectivity index (χ2v) is 3.24. The Hall–Kier alpha value is -0.830. The summed E-state index contributed by atoms with van der Waals surface area (Å²) >= 11 is 0. The molecular formula is C8H12N2O. The summed E-state index contributed by atoms with van der Waals surface area (Å²) < 4.78 is 2.09. The summed E-state index contributed by atoms with van der Waals surface area (Å²) in [5.74, 6) is 0.